The quantitative estimate of drug-likeness (QED) is 0.355. The van der Waals surface area contributed by atoms with E-state index in [0.29, 0.717) is 34.7 Å². The minimum Gasteiger partial charge on any atom is -0.481 e. The van der Waals surface area contributed by atoms with E-state index in [-0.39, 0.29) is 5.56 Å². The summed E-state index contributed by atoms with van der Waals surface area (Å²) >= 11 is 6.13. The van der Waals surface area contributed by atoms with E-state index in [1.54, 1.807) is 25.0 Å². The predicted octanol–water partition coefficient (Wildman–Crippen LogP) is 4.23. The van der Waals surface area contributed by atoms with Crippen molar-refractivity contribution in [3.05, 3.63) is 50.9 Å². The van der Waals surface area contributed by atoms with Crippen molar-refractivity contribution in [1.82, 2.24) is 29.7 Å². The van der Waals surface area contributed by atoms with E-state index >= 15 is 0 Å². The summed E-state index contributed by atoms with van der Waals surface area (Å²) < 4.78 is 12.1. The van der Waals surface area contributed by atoms with Gasteiger partial charge in [-0.25, -0.2) is 4.98 Å². The Balaban J connectivity index is 1.16. The maximum Gasteiger partial charge on any atom is 0.321 e. The normalized spacial score (nSPS) is 16.5. The molecule has 4 heterocycles. The van der Waals surface area contributed by atoms with Gasteiger partial charge in [0.1, 0.15) is 5.82 Å². The Hall–Kier alpha value is -3.53. The molecule has 37 heavy (non-hydrogen) atoms. The van der Waals surface area contributed by atoms with Gasteiger partial charge in [0.25, 0.3) is 5.56 Å². The van der Waals surface area contributed by atoms with Crippen LogP contribution >= 0.6 is 11.6 Å². The highest BCUT2D eigenvalue weighted by atomic mass is 35.5. The number of fused-ring (bicyclic) bond motifs is 1. The van der Waals surface area contributed by atoms with Crippen LogP contribution in [0.15, 0.2) is 29.1 Å². The smallest absolute Gasteiger partial charge is 0.321 e. The highest BCUT2D eigenvalue weighted by Gasteiger charge is 2.31. The average molecular weight is 524 g/mol. The van der Waals surface area contributed by atoms with E-state index in [1.807, 2.05) is 18.2 Å². The van der Waals surface area contributed by atoms with E-state index in [4.69, 9.17) is 21.1 Å². The first-order valence-electron chi connectivity index (χ1n) is 12.7. The average Bonchev–Trinajstić information content (AvgIpc) is 3.60. The molecule has 0 unspecified atom stereocenters. The number of piperidine rings is 1. The molecule has 11 heteroatoms. The number of ether oxygens (including phenoxy) is 2. The van der Waals surface area contributed by atoms with Crippen LogP contribution in [0.25, 0.3) is 17.0 Å². The number of nitrogens with one attached hydrogen (secondary N) is 2. The fourth-order valence-corrected chi connectivity index (χ4v) is 5.38. The van der Waals surface area contributed by atoms with Crippen LogP contribution in [0.3, 0.4) is 0 Å². The van der Waals surface area contributed by atoms with Crippen molar-refractivity contribution in [2.24, 2.45) is 5.92 Å². The van der Waals surface area contributed by atoms with Crippen molar-refractivity contribution >= 4 is 28.5 Å². The molecule has 4 aromatic rings. The summed E-state index contributed by atoms with van der Waals surface area (Å²) in [5, 5.41) is 4.00. The van der Waals surface area contributed by atoms with Crippen molar-refractivity contribution in [2.45, 2.75) is 44.4 Å². The van der Waals surface area contributed by atoms with Gasteiger partial charge in [-0.15, -0.1) is 0 Å². The van der Waals surface area contributed by atoms with Gasteiger partial charge in [0, 0.05) is 41.4 Å². The van der Waals surface area contributed by atoms with Crippen LogP contribution in [0.2, 0.25) is 5.02 Å². The molecule has 0 amide bonds. The number of halogens is 1. The number of nitrogens with zero attached hydrogens (tertiary/aromatic N) is 5. The fraction of sp³-hybridized carbons (Fsp3) is 0.462. The number of aromatic nitrogens is 6. The zero-order chi connectivity index (χ0) is 25.5. The molecule has 1 aromatic carbocycles. The molecule has 3 aromatic heterocycles. The predicted molar refractivity (Wildman–Crippen MR) is 141 cm³/mol. The van der Waals surface area contributed by atoms with Crippen LogP contribution in [-0.2, 0) is 6.42 Å². The molecule has 1 aliphatic heterocycles. The van der Waals surface area contributed by atoms with Crippen LogP contribution < -0.4 is 19.9 Å². The number of hydrogen-bond acceptors (Lipinski definition) is 7. The Labute approximate surface area is 219 Å². The molecule has 6 rings (SSSR count). The molecule has 0 atom stereocenters. The second-order valence-corrected chi connectivity index (χ2v) is 10.3. The number of methoxy groups -OCH3 is 2. The Kier molecular flexibility index (Phi) is 6.27. The van der Waals surface area contributed by atoms with Crippen LogP contribution in [0, 0.1) is 5.92 Å². The molecule has 0 spiro atoms. The molecule has 0 radical (unpaired) electrons. The van der Waals surface area contributed by atoms with Gasteiger partial charge in [0.2, 0.25) is 11.8 Å². The lowest BCUT2D eigenvalue weighted by atomic mass is 9.90. The highest BCUT2D eigenvalue weighted by molar-refractivity contribution is 6.31. The van der Waals surface area contributed by atoms with Gasteiger partial charge in [0.05, 0.1) is 25.3 Å². The van der Waals surface area contributed by atoms with Gasteiger partial charge in [-0.3, -0.25) is 9.89 Å². The zero-order valence-corrected chi connectivity index (χ0v) is 21.7. The first kappa shape index (κ1) is 23.8. The highest BCUT2D eigenvalue weighted by Crippen LogP contribution is 2.41. The van der Waals surface area contributed by atoms with E-state index in [9.17, 15) is 4.79 Å². The van der Waals surface area contributed by atoms with Crippen molar-refractivity contribution in [1.29, 1.82) is 0 Å². The number of benzene rings is 1. The minimum atomic E-state index is -0.00957. The zero-order valence-electron chi connectivity index (χ0n) is 21.0. The lowest BCUT2D eigenvalue weighted by Gasteiger charge is -2.32. The molecule has 194 valence electrons. The number of hydrogen-bond donors (Lipinski definition) is 2. The molecule has 1 saturated heterocycles. The van der Waals surface area contributed by atoms with Gasteiger partial charge < -0.3 is 19.4 Å². The summed E-state index contributed by atoms with van der Waals surface area (Å²) in [6.07, 6.45) is 6.05. The lowest BCUT2D eigenvalue weighted by Crippen LogP contribution is -2.34. The van der Waals surface area contributed by atoms with Crippen LogP contribution in [0.1, 0.15) is 49.3 Å². The maximum absolute atomic E-state index is 13.5. The van der Waals surface area contributed by atoms with Gasteiger partial charge >= 0.3 is 6.01 Å². The molecule has 2 aliphatic rings. The van der Waals surface area contributed by atoms with Crippen molar-refractivity contribution < 1.29 is 9.47 Å². The van der Waals surface area contributed by atoms with Gasteiger partial charge in [-0.1, -0.05) is 11.6 Å². The van der Waals surface area contributed by atoms with Gasteiger partial charge in [0.15, 0.2) is 0 Å². The molecule has 0 bridgehead atoms. The fourth-order valence-electron chi connectivity index (χ4n) is 5.21. The number of H-pyrrole nitrogens is 2. The van der Waals surface area contributed by atoms with E-state index < -0.39 is 0 Å². The number of rotatable bonds is 8. The summed E-state index contributed by atoms with van der Waals surface area (Å²) in [5.74, 6) is 2.79. The molecule has 2 N–H and O–H groups in total. The van der Waals surface area contributed by atoms with E-state index in [2.05, 4.69) is 29.9 Å². The Morgan fingerprint density at radius 1 is 1.05 bits per heavy atom. The summed E-state index contributed by atoms with van der Waals surface area (Å²) in [6.45, 7) is 1.78. The Morgan fingerprint density at radius 3 is 2.59 bits per heavy atom. The maximum atomic E-state index is 13.5. The molecule has 10 nitrogen and oxygen atoms in total. The van der Waals surface area contributed by atoms with Crippen LogP contribution in [0.5, 0.6) is 11.9 Å². The molecular weight excluding hydrogens is 494 g/mol. The Morgan fingerprint density at radius 2 is 1.86 bits per heavy atom. The summed E-state index contributed by atoms with van der Waals surface area (Å²) in [4.78, 5) is 32.3. The monoisotopic (exact) mass is 523 g/mol. The van der Waals surface area contributed by atoms with Gasteiger partial charge in [-0.2, -0.15) is 14.6 Å². The largest absolute Gasteiger partial charge is 0.481 e. The SMILES string of the molecule is COc1cc(N2CCC(CCc3c(C4CC4)[nH]n(-c4nc5ccc(Cl)cc5[nH]4)c3=O)CC2)nc(OC)n1. The second-order valence-electron chi connectivity index (χ2n) is 9.87. The van der Waals surface area contributed by atoms with Gasteiger partial charge in [-0.05, 0) is 62.6 Å². The van der Waals surface area contributed by atoms with Crippen molar-refractivity contribution in [2.75, 3.05) is 32.2 Å². The van der Waals surface area contributed by atoms with Crippen LogP contribution in [-0.4, -0.2) is 57.0 Å². The molecule has 1 saturated carbocycles. The summed E-state index contributed by atoms with van der Waals surface area (Å²) in [6, 6.07) is 7.63. The summed E-state index contributed by atoms with van der Waals surface area (Å²) in [7, 11) is 3.14. The van der Waals surface area contributed by atoms with Crippen molar-refractivity contribution in [3.8, 4) is 17.8 Å². The lowest BCUT2D eigenvalue weighted by molar-refractivity contribution is 0.348. The molecule has 1 aliphatic carbocycles. The number of anilines is 1. The van der Waals surface area contributed by atoms with Crippen molar-refractivity contribution in [3.63, 3.8) is 0 Å². The first-order chi connectivity index (χ1) is 18.0. The molecular formula is C26H30ClN7O3. The third-order valence-electron chi connectivity index (χ3n) is 7.45. The third kappa shape index (κ3) is 4.77. The first-order valence-corrected chi connectivity index (χ1v) is 13.1. The minimum absolute atomic E-state index is 0.00957. The number of imidazole rings is 1. The van der Waals surface area contributed by atoms with E-state index in [1.165, 1.54) is 0 Å². The van der Waals surface area contributed by atoms with E-state index in [0.717, 1.165) is 79.7 Å². The number of aromatic amines is 2. The third-order valence-corrected chi connectivity index (χ3v) is 7.68. The standard InChI is InChI=1S/C26H30ClN7O3/c1-36-22-14-21(30-26(31-22)37-2)33-11-9-15(10-12-33)3-7-18-23(16-4-5-16)32-34(24(18)35)25-28-19-8-6-17(27)13-20(19)29-25/h6,8,13-16,32H,3-5,7,9-12H2,1-2H3,(H,28,29). The van der Waals surface area contributed by atoms with Crippen LogP contribution in [0.4, 0.5) is 5.82 Å². The second kappa shape index (κ2) is 9.74. The summed E-state index contributed by atoms with van der Waals surface area (Å²) in [5.41, 5.74) is 3.55. The Bertz CT molecular complexity index is 1460. The molecule has 2 fully saturated rings. The topological polar surface area (TPSA) is 114 Å².